The van der Waals surface area contributed by atoms with E-state index >= 15 is 0 Å². The molecule has 1 N–H and O–H groups in total. The van der Waals surface area contributed by atoms with Gasteiger partial charge in [0.2, 0.25) is 11.8 Å². The van der Waals surface area contributed by atoms with Crippen molar-refractivity contribution in [2.24, 2.45) is 17.3 Å². The van der Waals surface area contributed by atoms with Crippen LogP contribution in [-0.4, -0.2) is 27.1 Å². The molecule has 33 heavy (non-hydrogen) atoms. The summed E-state index contributed by atoms with van der Waals surface area (Å²) in [6, 6.07) is 1.12. The first-order valence-corrected chi connectivity index (χ1v) is 12.4. The van der Waals surface area contributed by atoms with E-state index in [0.717, 1.165) is 37.0 Å². The average molecular weight is 472 g/mol. The summed E-state index contributed by atoms with van der Waals surface area (Å²) in [5, 5.41) is 13.9. The highest BCUT2D eigenvalue weighted by Gasteiger charge is 2.36. The van der Waals surface area contributed by atoms with Crippen molar-refractivity contribution < 1.29 is 19.2 Å². The lowest BCUT2D eigenvalue weighted by Gasteiger charge is -2.33. The van der Waals surface area contributed by atoms with Crippen LogP contribution in [0, 0.1) is 29.1 Å². The van der Waals surface area contributed by atoms with Crippen molar-refractivity contribution >= 4 is 28.9 Å². The Labute approximate surface area is 199 Å². The summed E-state index contributed by atoms with van der Waals surface area (Å²) in [5.74, 6) is 6.34. The van der Waals surface area contributed by atoms with Crippen LogP contribution in [0.3, 0.4) is 0 Å². The van der Waals surface area contributed by atoms with Crippen molar-refractivity contribution in [1.82, 2.24) is 10.1 Å². The molecule has 1 saturated carbocycles. The largest absolute Gasteiger partial charge is 0.477 e. The van der Waals surface area contributed by atoms with Crippen LogP contribution >= 0.6 is 11.3 Å². The van der Waals surface area contributed by atoms with E-state index in [-0.39, 0.29) is 22.1 Å². The lowest BCUT2D eigenvalue weighted by Crippen LogP contribution is -2.40. The fourth-order valence-corrected chi connectivity index (χ4v) is 4.78. The second-order valence-electron chi connectivity index (χ2n) is 9.87. The van der Waals surface area contributed by atoms with Gasteiger partial charge in [0.15, 0.2) is 5.82 Å². The van der Waals surface area contributed by atoms with Crippen molar-refractivity contribution in [2.75, 3.05) is 4.90 Å². The number of anilines is 1. The lowest BCUT2D eigenvalue weighted by molar-refractivity contribution is -0.124. The molecule has 8 heteroatoms. The number of aromatic carboxylic acids is 1. The number of carboxylic acid groups (broad SMARTS) is 1. The van der Waals surface area contributed by atoms with Crippen LogP contribution in [0.15, 0.2) is 10.6 Å². The number of thiophene rings is 1. The Morgan fingerprint density at radius 2 is 1.97 bits per heavy atom. The van der Waals surface area contributed by atoms with Crippen LogP contribution in [-0.2, 0) is 11.2 Å². The van der Waals surface area contributed by atoms with Crippen molar-refractivity contribution in [3.05, 3.63) is 27.5 Å². The second kappa shape index (κ2) is 10.1. The molecule has 1 unspecified atom stereocenters. The minimum Gasteiger partial charge on any atom is -0.477 e. The van der Waals surface area contributed by atoms with Gasteiger partial charge in [-0.15, -0.1) is 11.3 Å². The Balaban J connectivity index is 2.07. The highest BCUT2D eigenvalue weighted by atomic mass is 32.1. The van der Waals surface area contributed by atoms with Gasteiger partial charge in [-0.2, -0.15) is 4.98 Å². The maximum Gasteiger partial charge on any atom is 0.348 e. The Morgan fingerprint density at radius 3 is 2.52 bits per heavy atom. The number of hydrogen-bond acceptors (Lipinski definition) is 6. The molecular weight excluding hydrogens is 438 g/mol. The van der Waals surface area contributed by atoms with Gasteiger partial charge in [0, 0.05) is 17.8 Å². The molecule has 0 radical (unpaired) electrons. The summed E-state index contributed by atoms with van der Waals surface area (Å²) < 4.78 is 5.45. The molecule has 178 valence electrons. The van der Waals surface area contributed by atoms with Crippen molar-refractivity contribution in [3.63, 3.8) is 0 Å². The first kappa shape index (κ1) is 25.0. The van der Waals surface area contributed by atoms with Gasteiger partial charge in [0.25, 0.3) is 0 Å². The molecule has 2 aromatic rings. The molecule has 7 nitrogen and oxygen atoms in total. The zero-order valence-corrected chi connectivity index (χ0v) is 21.1. The van der Waals surface area contributed by atoms with Gasteiger partial charge in [0.1, 0.15) is 10.9 Å². The Kier molecular flexibility index (Phi) is 7.63. The van der Waals surface area contributed by atoms with Crippen molar-refractivity contribution in [1.29, 1.82) is 0 Å². The number of carboxylic acids is 1. The zero-order valence-electron chi connectivity index (χ0n) is 20.3. The highest BCUT2D eigenvalue weighted by molar-refractivity contribution is 7.15. The normalized spacial score (nSPS) is 19.5. The first-order valence-electron chi connectivity index (χ1n) is 11.6. The van der Waals surface area contributed by atoms with E-state index < -0.39 is 12.0 Å². The van der Waals surface area contributed by atoms with E-state index in [1.165, 1.54) is 0 Å². The van der Waals surface area contributed by atoms with E-state index in [0.29, 0.717) is 34.6 Å². The Bertz CT molecular complexity index is 1060. The Morgan fingerprint density at radius 1 is 1.30 bits per heavy atom. The quantitative estimate of drug-likeness (QED) is 0.542. The maximum atomic E-state index is 13.8. The summed E-state index contributed by atoms with van der Waals surface area (Å²) in [7, 11) is 0. The fourth-order valence-electron chi connectivity index (χ4n) is 3.94. The number of hydrogen-bond donors (Lipinski definition) is 1. The van der Waals surface area contributed by atoms with Gasteiger partial charge < -0.3 is 9.63 Å². The summed E-state index contributed by atoms with van der Waals surface area (Å²) in [6.07, 6.45) is 4.15. The standard InChI is InChI=1S/C25H33N3O4S/c1-7-20-26-22(32-27-20)16(3)28(23(29)17-10-8-15(2)9-11-17)19-14-18(12-13-25(4,5)6)33-21(19)24(30)31/h14-17H,7-11H2,1-6H3,(H,30,31)/t15-,16?,17-. The topological polar surface area (TPSA) is 96.5 Å². The number of nitrogens with zero attached hydrogens (tertiary/aromatic N) is 3. The predicted octanol–water partition coefficient (Wildman–Crippen LogP) is 5.71. The van der Waals surface area contributed by atoms with Gasteiger partial charge in [-0.05, 0) is 65.4 Å². The SMILES string of the molecule is CCc1noc(C(C)N(c2cc(C#CC(C)(C)C)sc2C(=O)O)C(=O)[C@H]2CC[C@H](C)CC2)n1. The highest BCUT2D eigenvalue weighted by Crippen LogP contribution is 2.39. The van der Waals surface area contributed by atoms with Gasteiger partial charge in [-0.25, -0.2) is 4.79 Å². The fraction of sp³-hybridized carbons (Fsp3) is 0.600. The number of amides is 1. The Hall–Kier alpha value is -2.66. The molecule has 0 spiro atoms. The van der Waals surface area contributed by atoms with E-state index in [1.807, 2.05) is 27.7 Å². The summed E-state index contributed by atoms with van der Waals surface area (Å²) in [6.45, 7) is 11.9. The summed E-state index contributed by atoms with van der Waals surface area (Å²) in [5.41, 5.74) is 0.119. The monoisotopic (exact) mass is 471 g/mol. The van der Waals surface area contributed by atoms with Crippen molar-refractivity contribution in [2.45, 2.75) is 79.7 Å². The zero-order chi connectivity index (χ0) is 24.3. The van der Waals surface area contributed by atoms with Crippen molar-refractivity contribution in [3.8, 4) is 11.8 Å². The molecule has 0 aliphatic heterocycles. The number of carbonyl (C=O) groups is 2. The molecule has 3 rings (SSSR count). The molecule has 0 saturated heterocycles. The van der Waals surface area contributed by atoms with Crippen LogP contribution in [0.4, 0.5) is 5.69 Å². The molecule has 0 aromatic carbocycles. The molecule has 1 amide bonds. The lowest BCUT2D eigenvalue weighted by atomic mass is 9.82. The second-order valence-corrected chi connectivity index (χ2v) is 10.9. The maximum absolute atomic E-state index is 13.8. The van der Waals surface area contributed by atoms with Gasteiger partial charge >= 0.3 is 5.97 Å². The van der Waals surface area contributed by atoms with E-state index in [9.17, 15) is 14.7 Å². The van der Waals surface area contributed by atoms with E-state index in [2.05, 4.69) is 28.9 Å². The molecular formula is C25H33N3O4S. The minimum absolute atomic E-state index is 0.0906. The predicted molar refractivity (Wildman–Crippen MR) is 128 cm³/mol. The molecule has 1 fully saturated rings. The van der Waals surface area contributed by atoms with Gasteiger partial charge in [-0.3, -0.25) is 9.69 Å². The number of rotatable bonds is 6. The third kappa shape index (κ3) is 6.02. The van der Waals surface area contributed by atoms with Crippen LogP contribution in [0.2, 0.25) is 0 Å². The molecule has 1 atom stereocenters. The number of aryl methyl sites for hydroxylation is 1. The molecule has 1 aliphatic carbocycles. The van der Waals surface area contributed by atoms with Crippen LogP contribution in [0.5, 0.6) is 0 Å². The van der Waals surface area contributed by atoms with Gasteiger partial charge in [0.05, 0.1) is 10.6 Å². The van der Waals surface area contributed by atoms with Crippen LogP contribution < -0.4 is 4.90 Å². The van der Waals surface area contributed by atoms with E-state index in [1.54, 1.807) is 17.9 Å². The molecule has 0 bridgehead atoms. The summed E-state index contributed by atoms with van der Waals surface area (Å²) >= 11 is 1.09. The first-order chi connectivity index (χ1) is 15.5. The summed E-state index contributed by atoms with van der Waals surface area (Å²) in [4.78, 5) is 32.6. The third-order valence-corrected chi connectivity index (χ3v) is 6.90. The van der Waals surface area contributed by atoms with Crippen LogP contribution in [0.25, 0.3) is 0 Å². The van der Waals surface area contributed by atoms with Crippen LogP contribution in [0.1, 0.15) is 99.5 Å². The number of aromatic nitrogens is 2. The van der Waals surface area contributed by atoms with Gasteiger partial charge in [-0.1, -0.05) is 30.8 Å². The molecule has 2 heterocycles. The third-order valence-electron chi connectivity index (χ3n) is 5.87. The molecule has 1 aliphatic rings. The van der Waals surface area contributed by atoms with E-state index in [4.69, 9.17) is 4.52 Å². The smallest absolute Gasteiger partial charge is 0.348 e. The number of carbonyl (C=O) groups excluding carboxylic acids is 1. The minimum atomic E-state index is -1.08. The molecule has 2 aromatic heterocycles. The average Bonchev–Trinajstić information content (AvgIpc) is 3.40.